The maximum absolute atomic E-state index is 12.1. The molecule has 0 fully saturated rings. The lowest BCUT2D eigenvalue weighted by Crippen LogP contribution is -2.32. The number of carbonyl (C=O) groups is 2. The van der Waals surface area contributed by atoms with E-state index in [0.29, 0.717) is 0 Å². The standard InChI is InChI=1S/2C22H17IO/c2*1-14-12-17(24)13-15(2)22(14)19-11-7-6-10-18(19)21(23)20(22)16-8-4-3-5-9-16/h2*3-13H,1-2H3. The molecule has 0 aromatic heterocycles. The van der Waals surface area contributed by atoms with E-state index in [4.69, 9.17) is 0 Å². The first-order valence-electron chi connectivity index (χ1n) is 16.1. The molecule has 4 aliphatic carbocycles. The van der Waals surface area contributed by atoms with Crippen LogP contribution in [0.4, 0.5) is 0 Å². The lowest BCUT2D eigenvalue weighted by Gasteiger charge is -2.38. The Bertz CT molecular complexity index is 2000. The number of rotatable bonds is 2. The van der Waals surface area contributed by atoms with Crippen molar-refractivity contribution in [3.05, 3.63) is 189 Å². The molecule has 0 bridgehead atoms. The third-order valence-corrected chi connectivity index (χ3v) is 12.5. The maximum Gasteiger partial charge on any atom is 0.178 e. The smallest absolute Gasteiger partial charge is 0.178 e. The Balaban J connectivity index is 0.000000152. The molecule has 4 aromatic carbocycles. The van der Waals surface area contributed by atoms with Crippen LogP contribution in [0.15, 0.2) is 156 Å². The molecule has 0 aliphatic heterocycles. The number of benzene rings is 4. The minimum atomic E-state index is -0.331. The molecule has 2 nitrogen and oxygen atoms in total. The van der Waals surface area contributed by atoms with Gasteiger partial charge in [0.05, 0.1) is 10.8 Å². The van der Waals surface area contributed by atoms with Gasteiger partial charge < -0.3 is 0 Å². The SMILES string of the molecule is CC1=CC(=O)C=C(C)C12C(c1ccccc1)=C(I)c1ccccc12.CC1=CC(=O)C=C(C)C12C(c1ccccc1)=C(I)c1ccccc12. The van der Waals surface area contributed by atoms with Gasteiger partial charge in [0.25, 0.3) is 0 Å². The number of allylic oxidation sites excluding steroid dienone is 10. The Hall–Kier alpha value is -3.88. The molecule has 4 heteroatoms. The summed E-state index contributed by atoms with van der Waals surface area (Å²) in [6.07, 6.45) is 7.17. The Morgan fingerprint density at radius 3 is 1.04 bits per heavy atom. The van der Waals surface area contributed by atoms with Gasteiger partial charge in [-0.05, 0) is 142 Å². The average molecular weight is 849 g/mol. The first-order chi connectivity index (χ1) is 23.1. The van der Waals surface area contributed by atoms with Crippen molar-refractivity contribution in [2.45, 2.75) is 38.5 Å². The van der Waals surface area contributed by atoms with Crippen LogP contribution < -0.4 is 0 Å². The summed E-state index contributed by atoms with van der Waals surface area (Å²) in [5, 5.41) is 0. The van der Waals surface area contributed by atoms with E-state index >= 15 is 0 Å². The molecule has 236 valence electrons. The van der Waals surface area contributed by atoms with E-state index in [1.807, 2.05) is 12.1 Å². The van der Waals surface area contributed by atoms with Crippen molar-refractivity contribution >= 4 is 75.1 Å². The highest BCUT2D eigenvalue weighted by Crippen LogP contribution is 2.62. The summed E-state index contributed by atoms with van der Waals surface area (Å²) in [6, 6.07) is 38.2. The van der Waals surface area contributed by atoms with Crippen LogP contribution in [0.1, 0.15) is 61.1 Å². The van der Waals surface area contributed by atoms with Gasteiger partial charge in [-0.15, -0.1) is 0 Å². The van der Waals surface area contributed by atoms with E-state index in [1.165, 1.54) is 51.7 Å². The minimum absolute atomic E-state index is 0.0856. The van der Waals surface area contributed by atoms with Crippen LogP contribution in [0.2, 0.25) is 0 Å². The van der Waals surface area contributed by atoms with Gasteiger partial charge in [0.2, 0.25) is 0 Å². The van der Waals surface area contributed by atoms with Crippen LogP contribution in [0, 0.1) is 0 Å². The van der Waals surface area contributed by atoms with Crippen molar-refractivity contribution < 1.29 is 9.59 Å². The highest BCUT2D eigenvalue weighted by molar-refractivity contribution is 14.1. The highest BCUT2D eigenvalue weighted by Gasteiger charge is 2.50. The summed E-state index contributed by atoms with van der Waals surface area (Å²) < 4.78 is 2.54. The minimum Gasteiger partial charge on any atom is -0.290 e. The zero-order valence-corrected chi connectivity index (χ0v) is 31.6. The van der Waals surface area contributed by atoms with Gasteiger partial charge in [-0.1, -0.05) is 131 Å². The number of ketones is 2. The molecule has 0 amide bonds. The fraction of sp³-hybridized carbons (Fsp3) is 0.136. The average Bonchev–Trinajstić information content (AvgIpc) is 3.51. The number of carbonyl (C=O) groups excluding carboxylic acids is 2. The summed E-state index contributed by atoms with van der Waals surface area (Å²) >= 11 is 4.93. The number of hydrogen-bond acceptors (Lipinski definition) is 2. The zero-order chi connectivity index (χ0) is 33.8. The fourth-order valence-corrected chi connectivity index (χ4v) is 10.8. The summed E-state index contributed by atoms with van der Waals surface area (Å²) in [7, 11) is 0. The molecule has 0 heterocycles. The molecule has 0 saturated heterocycles. The second-order valence-corrected chi connectivity index (χ2v) is 15.0. The van der Waals surface area contributed by atoms with Gasteiger partial charge in [-0.2, -0.15) is 0 Å². The van der Waals surface area contributed by atoms with Crippen molar-refractivity contribution in [3.63, 3.8) is 0 Å². The topological polar surface area (TPSA) is 34.1 Å². The second-order valence-electron chi connectivity index (χ2n) is 12.8. The van der Waals surface area contributed by atoms with E-state index < -0.39 is 0 Å². The summed E-state index contributed by atoms with van der Waals surface area (Å²) in [5.41, 5.74) is 13.9. The summed E-state index contributed by atoms with van der Waals surface area (Å²) in [6.45, 7) is 8.35. The van der Waals surface area contributed by atoms with Gasteiger partial charge in [-0.3, -0.25) is 9.59 Å². The van der Waals surface area contributed by atoms with Crippen LogP contribution in [0.25, 0.3) is 18.3 Å². The molecule has 0 saturated carbocycles. The van der Waals surface area contributed by atoms with Crippen LogP contribution in [-0.2, 0) is 20.4 Å². The Labute approximate surface area is 310 Å². The normalized spacial score (nSPS) is 18.5. The molecule has 4 aliphatic rings. The largest absolute Gasteiger partial charge is 0.290 e. The van der Waals surface area contributed by atoms with Crippen LogP contribution in [0.3, 0.4) is 0 Å². The first-order valence-corrected chi connectivity index (χ1v) is 18.2. The third kappa shape index (κ3) is 4.78. The van der Waals surface area contributed by atoms with E-state index in [2.05, 4.69) is 170 Å². The van der Waals surface area contributed by atoms with E-state index in [9.17, 15) is 9.59 Å². The van der Waals surface area contributed by atoms with Crippen LogP contribution in [-0.4, -0.2) is 11.6 Å². The lowest BCUT2D eigenvalue weighted by molar-refractivity contribution is -0.111. The quantitative estimate of drug-likeness (QED) is 0.188. The van der Waals surface area contributed by atoms with Crippen molar-refractivity contribution in [2.24, 2.45) is 0 Å². The first kappa shape index (κ1) is 32.7. The third-order valence-electron chi connectivity index (χ3n) is 10.3. The predicted molar refractivity (Wildman–Crippen MR) is 216 cm³/mol. The van der Waals surface area contributed by atoms with Crippen LogP contribution >= 0.6 is 45.2 Å². The molecular weight excluding hydrogens is 814 g/mol. The molecule has 0 N–H and O–H groups in total. The number of fused-ring (bicyclic) bond motifs is 4. The fourth-order valence-electron chi connectivity index (χ4n) is 8.40. The molecule has 8 rings (SSSR count). The molecule has 0 atom stereocenters. The molecule has 0 unspecified atom stereocenters. The maximum atomic E-state index is 12.1. The van der Waals surface area contributed by atoms with E-state index in [1.54, 1.807) is 24.3 Å². The lowest BCUT2D eigenvalue weighted by atomic mass is 9.63. The van der Waals surface area contributed by atoms with Gasteiger partial charge in [-0.25, -0.2) is 0 Å². The molecule has 48 heavy (non-hydrogen) atoms. The van der Waals surface area contributed by atoms with Crippen LogP contribution in [0.5, 0.6) is 0 Å². The van der Waals surface area contributed by atoms with Crippen molar-refractivity contribution in [3.8, 4) is 0 Å². The molecule has 2 spiro atoms. The zero-order valence-electron chi connectivity index (χ0n) is 27.3. The van der Waals surface area contributed by atoms with Gasteiger partial charge in [0.1, 0.15) is 0 Å². The molecule has 0 radical (unpaired) electrons. The molecular formula is C44H34I2O2. The predicted octanol–water partition coefficient (Wildman–Crippen LogP) is 11.4. The van der Waals surface area contributed by atoms with Gasteiger partial charge >= 0.3 is 0 Å². The number of hydrogen-bond donors (Lipinski definition) is 0. The van der Waals surface area contributed by atoms with Crippen molar-refractivity contribution in [2.75, 3.05) is 0 Å². The highest BCUT2D eigenvalue weighted by atomic mass is 127. The van der Waals surface area contributed by atoms with E-state index in [-0.39, 0.29) is 22.4 Å². The second kappa shape index (κ2) is 12.5. The monoisotopic (exact) mass is 848 g/mol. The Morgan fingerprint density at radius 1 is 0.417 bits per heavy atom. The summed E-state index contributed by atoms with van der Waals surface area (Å²) in [4.78, 5) is 24.2. The molecule has 4 aromatic rings. The summed E-state index contributed by atoms with van der Waals surface area (Å²) in [5.74, 6) is 0.171. The number of halogens is 2. The Morgan fingerprint density at radius 2 is 0.708 bits per heavy atom. The van der Waals surface area contributed by atoms with Gasteiger partial charge in [0, 0.05) is 7.16 Å². The van der Waals surface area contributed by atoms with E-state index in [0.717, 1.165) is 22.3 Å². The Kier molecular flexibility index (Phi) is 8.53. The van der Waals surface area contributed by atoms with Gasteiger partial charge in [0.15, 0.2) is 11.6 Å². The van der Waals surface area contributed by atoms with Crippen molar-refractivity contribution in [1.82, 2.24) is 0 Å². The van der Waals surface area contributed by atoms with Crippen molar-refractivity contribution in [1.29, 1.82) is 0 Å².